The number of benzene rings is 2. The zero-order valence-corrected chi connectivity index (χ0v) is 16.8. The second kappa shape index (κ2) is 12.0. The average molecular weight is 466 g/mol. The van der Waals surface area contributed by atoms with Gasteiger partial charge in [-0.2, -0.15) is 0 Å². The number of nitrogens with zero attached hydrogens (tertiary/aromatic N) is 2. The zero-order chi connectivity index (χ0) is 17.9. The van der Waals surface area contributed by atoms with Crippen molar-refractivity contribution in [2.24, 2.45) is 4.99 Å². The van der Waals surface area contributed by atoms with Crippen molar-refractivity contribution in [2.45, 2.75) is 13.0 Å². The Hall–Kier alpha value is -2.42. The van der Waals surface area contributed by atoms with Gasteiger partial charge in [-0.15, -0.1) is 30.6 Å². The van der Waals surface area contributed by atoms with Crippen molar-refractivity contribution >= 4 is 35.6 Å². The predicted octanol–water partition coefficient (Wildman–Crippen LogP) is 3.68. The van der Waals surface area contributed by atoms with Crippen LogP contribution in [0.3, 0.4) is 0 Å². The van der Waals surface area contributed by atoms with E-state index in [-0.39, 0.29) is 29.7 Å². The third-order valence-electron chi connectivity index (χ3n) is 3.53. The van der Waals surface area contributed by atoms with E-state index < -0.39 is 4.92 Å². The molecule has 138 valence electrons. The summed E-state index contributed by atoms with van der Waals surface area (Å²) in [5.41, 5.74) is 2.25. The van der Waals surface area contributed by atoms with E-state index in [1.807, 2.05) is 18.2 Å². The van der Waals surface area contributed by atoms with Gasteiger partial charge in [0.2, 0.25) is 0 Å². The second-order valence-electron chi connectivity index (χ2n) is 5.42. The fourth-order valence-electron chi connectivity index (χ4n) is 2.21. The first-order valence-corrected chi connectivity index (χ1v) is 8.09. The van der Waals surface area contributed by atoms with Crippen LogP contribution in [0.25, 0.3) is 0 Å². The Morgan fingerprint density at radius 3 is 2.38 bits per heavy atom. The van der Waals surface area contributed by atoms with Crippen molar-refractivity contribution in [1.82, 2.24) is 10.6 Å². The highest BCUT2D eigenvalue weighted by Crippen LogP contribution is 2.12. The van der Waals surface area contributed by atoms with Crippen LogP contribution in [0.2, 0.25) is 0 Å². The monoisotopic (exact) mass is 466 g/mol. The van der Waals surface area contributed by atoms with Gasteiger partial charge in [0.15, 0.2) is 5.96 Å². The summed E-state index contributed by atoms with van der Waals surface area (Å²) in [5, 5.41) is 17.1. The summed E-state index contributed by atoms with van der Waals surface area (Å²) >= 11 is 0. The molecule has 0 aliphatic rings. The fraction of sp³-hybridized carbons (Fsp3) is 0.211. The maximum atomic E-state index is 10.7. The summed E-state index contributed by atoms with van der Waals surface area (Å²) < 4.78 is 0. The van der Waals surface area contributed by atoms with Crippen LogP contribution in [0.1, 0.15) is 11.1 Å². The lowest BCUT2D eigenvalue weighted by atomic mass is 10.1. The Balaban J connectivity index is 0.00000338. The number of nitro groups is 1. The third-order valence-corrected chi connectivity index (χ3v) is 3.53. The molecule has 2 rings (SSSR count). The van der Waals surface area contributed by atoms with Crippen LogP contribution in [-0.4, -0.2) is 24.0 Å². The molecular weight excluding hydrogens is 443 g/mol. The summed E-state index contributed by atoms with van der Waals surface area (Å²) in [6.07, 6.45) is 2.66. The van der Waals surface area contributed by atoms with Crippen molar-refractivity contribution < 1.29 is 4.92 Å². The molecule has 0 spiro atoms. The quantitative estimate of drug-likeness (QED) is 0.155. The van der Waals surface area contributed by atoms with Crippen LogP contribution in [0.4, 0.5) is 5.69 Å². The van der Waals surface area contributed by atoms with Crippen molar-refractivity contribution in [3.63, 3.8) is 0 Å². The fourth-order valence-corrected chi connectivity index (χ4v) is 2.21. The summed E-state index contributed by atoms with van der Waals surface area (Å²) in [6.45, 7) is 5.50. The van der Waals surface area contributed by atoms with E-state index >= 15 is 0 Å². The Morgan fingerprint density at radius 1 is 1.08 bits per heavy atom. The van der Waals surface area contributed by atoms with Gasteiger partial charge in [-0.25, -0.2) is 4.99 Å². The Morgan fingerprint density at radius 2 is 1.77 bits per heavy atom. The molecule has 0 fully saturated rings. The van der Waals surface area contributed by atoms with Gasteiger partial charge in [0, 0.05) is 25.2 Å². The van der Waals surface area contributed by atoms with Crippen LogP contribution in [0, 0.1) is 10.1 Å². The van der Waals surface area contributed by atoms with Gasteiger partial charge in [-0.1, -0.05) is 48.5 Å². The first-order chi connectivity index (χ1) is 12.2. The molecule has 0 radical (unpaired) electrons. The van der Waals surface area contributed by atoms with E-state index in [1.54, 1.807) is 18.2 Å². The number of nitro benzene ring substituents is 1. The standard InChI is InChI=1S/C19H22N4O2.HI/c1-2-13-20-19(21-14-12-16-6-4-3-5-7-16)22-15-17-8-10-18(11-9-17)23(24)25;/h2-11H,1,12-15H2,(H2,20,21,22);1H. The minimum Gasteiger partial charge on any atom is -0.356 e. The second-order valence-corrected chi connectivity index (χ2v) is 5.42. The van der Waals surface area contributed by atoms with Crippen molar-refractivity contribution in [1.29, 1.82) is 0 Å². The van der Waals surface area contributed by atoms with Crippen LogP contribution in [0.15, 0.2) is 72.2 Å². The molecule has 26 heavy (non-hydrogen) atoms. The van der Waals surface area contributed by atoms with Crippen molar-refractivity contribution in [3.8, 4) is 0 Å². The van der Waals surface area contributed by atoms with Gasteiger partial charge in [0.1, 0.15) is 0 Å². The van der Waals surface area contributed by atoms with E-state index in [0.717, 1.165) is 18.5 Å². The third kappa shape index (κ3) is 7.64. The van der Waals surface area contributed by atoms with Gasteiger partial charge < -0.3 is 10.6 Å². The molecule has 0 amide bonds. The van der Waals surface area contributed by atoms with Crippen LogP contribution in [0.5, 0.6) is 0 Å². The molecule has 7 heteroatoms. The smallest absolute Gasteiger partial charge is 0.269 e. The molecule has 0 aliphatic heterocycles. The molecule has 0 saturated heterocycles. The minimum absolute atomic E-state index is 0. The molecule has 6 nitrogen and oxygen atoms in total. The molecule has 0 aromatic heterocycles. The van der Waals surface area contributed by atoms with E-state index in [0.29, 0.717) is 19.0 Å². The van der Waals surface area contributed by atoms with E-state index in [4.69, 9.17) is 0 Å². The molecule has 0 atom stereocenters. The van der Waals surface area contributed by atoms with Crippen LogP contribution >= 0.6 is 24.0 Å². The Bertz CT molecular complexity index is 718. The SMILES string of the molecule is C=CCNC(=NCc1ccc([N+](=O)[O-])cc1)NCCc1ccccc1.I. The summed E-state index contributed by atoms with van der Waals surface area (Å²) in [4.78, 5) is 14.8. The number of nitrogens with one attached hydrogen (secondary N) is 2. The van der Waals surface area contributed by atoms with Gasteiger partial charge in [-0.05, 0) is 17.5 Å². The molecule has 0 unspecified atom stereocenters. The number of guanidine groups is 1. The van der Waals surface area contributed by atoms with Gasteiger partial charge >= 0.3 is 0 Å². The molecule has 2 N–H and O–H groups in total. The lowest BCUT2D eigenvalue weighted by molar-refractivity contribution is -0.384. The highest BCUT2D eigenvalue weighted by atomic mass is 127. The van der Waals surface area contributed by atoms with Crippen LogP contribution < -0.4 is 10.6 Å². The lowest BCUT2D eigenvalue weighted by Gasteiger charge is -2.11. The maximum absolute atomic E-state index is 10.7. The number of hydrogen-bond donors (Lipinski definition) is 2. The lowest BCUT2D eigenvalue weighted by Crippen LogP contribution is -2.38. The number of rotatable bonds is 8. The Labute approximate surface area is 170 Å². The first kappa shape index (κ1) is 21.6. The van der Waals surface area contributed by atoms with E-state index in [2.05, 4.69) is 34.3 Å². The maximum Gasteiger partial charge on any atom is 0.269 e. The zero-order valence-electron chi connectivity index (χ0n) is 14.4. The van der Waals surface area contributed by atoms with Crippen LogP contribution in [-0.2, 0) is 13.0 Å². The molecule has 2 aromatic rings. The molecular formula is C19H23IN4O2. The number of hydrogen-bond acceptors (Lipinski definition) is 3. The Kier molecular flexibility index (Phi) is 9.99. The summed E-state index contributed by atoms with van der Waals surface area (Å²) in [6, 6.07) is 16.6. The summed E-state index contributed by atoms with van der Waals surface area (Å²) in [5.74, 6) is 0.689. The van der Waals surface area contributed by atoms with E-state index in [9.17, 15) is 10.1 Å². The number of non-ortho nitro benzene ring substituents is 1. The molecule has 2 aromatic carbocycles. The molecule has 0 aliphatic carbocycles. The first-order valence-electron chi connectivity index (χ1n) is 8.09. The number of halogens is 1. The minimum atomic E-state index is -0.407. The largest absolute Gasteiger partial charge is 0.356 e. The van der Waals surface area contributed by atoms with Gasteiger partial charge in [0.25, 0.3) is 5.69 Å². The van der Waals surface area contributed by atoms with E-state index in [1.165, 1.54) is 17.7 Å². The van der Waals surface area contributed by atoms with Gasteiger partial charge in [-0.3, -0.25) is 10.1 Å². The molecule has 0 heterocycles. The number of aliphatic imine (C=N–C) groups is 1. The van der Waals surface area contributed by atoms with Crippen molar-refractivity contribution in [2.75, 3.05) is 13.1 Å². The topological polar surface area (TPSA) is 79.6 Å². The predicted molar refractivity (Wildman–Crippen MR) is 116 cm³/mol. The molecule has 0 bridgehead atoms. The molecule has 0 saturated carbocycles. The van der Waals surface area contributed by atoms with Crippen molar-refractivity contribution in [3.05, 3.63) is 88.5 Å². The normalized spacial score (nSPS) is 10.5. The highest BCUT2D eigenvalue weighted by molar-refractivity contribution is 14.0. The average Bonchev–Trinajstić information content (AvgIpc) is 2.64. The highest BCUT2D eigenvalue weighted by Gasteiger charge is 2.04. The summed E-state index contributed by atoms with van der Waals surface area (Å²) in [7, 11) is 0. The van der Waals surface area contributed by atoms with Gasteiger partial charge in [0.05, 0.1) is 11.5 Å².